The molecule has 3 saturated heterocycles. The SMILES string of the molecule is CCC[C@@H](C)N1CC2(CCN(C(=O)CN3CCOCC3)CC2)OC1=O. The van der Waals surface area contributed by atoms with E-state index in [2.05, 4.69) is 18.7 Å². The summed E-state index contributed by atoms with van der Waals surface area (Å²) in [6, 6.07) is 0.220. The number of amides is 2. The third kappa shape index (κ3) is 4.26. The van der Waals surface area contributed by atoms with Crippen LogP contribution in [0.1, 0.15) is 39.5 Å². The van der Waals surface area contributed by atoms with Crippen molar-refractivity contribution in [2.75, 3.05) is 52.5 Å². The number of ether oxygens (including phenoxy) is 2. The lowest BCUT2D eigenvalue weighted by molar-refractivity contribution is -0.136. The summed E-state index contributed by atoms with van der Waals surface area (Å²) in [6.45, 7) is 9.76. The van der Waals surface area contributed by atoms with Crippen LogP contribution in [0.5, 0.6) is 0 Å². The zero-order valence-electron chi connectivity index (χ0n) is 15.5. The van der Waals surface area contributed by atoms with Gasteiger partial charge in [0, 0.05) is 45.1 Å². The van der Waals surface area contributed by atoms with E-state index >= 15 is 0 Å². The molecule has 0 bridgehead atoms. The number of nitrogens with zero attached hydrogens (tertiary/aromatic N) is 3. The maximum atomic E-state index is 12.5. The highest BCUT2D eigenvalue weighted by atomic mass is 16.6. The van der Waals surface area contributed by atoms with Gasteiger partial charge in [0.25, 0.3) is 0 Å². The lowest BCUT2D eigenvalue weighted by Gasteiger charge is -2.38. The Morgan fingerprint density at radius 1 is 1.20 bits per heavy atom. The predicted octanol–water partition coefficient (Wildman–Crippen LogP) is 1.32. The summed E-state index contributed by atoms with van der Waals surface area (Å²) in [7, 11) is 0. The normalized spacial score (nSPS) is 25.3. The van der Waals surface area contributed by atoms with Crippen LogP contribution in [-0.4, -0.2) is 90.8 Å². The molecule has 2 amide bonds. The summed E-state index contributed by atoms with van der Waals surface area (Å²) < 4.78 is 11.1. The summed E-state index contributed by atoms with van der Waals surface area (Å²) in [6.07, 6.45) is 3.34. The van der Waals surface area contributed by atoms with Crippen LogP contribution in [0.3, 0.4) is 0 Å². The smallest absolute Gasteiger partial charge is 0.410 e. The molecule has 7 heteroatoms. The molecule has 142 valence electrons. The number of likely N-dealkylation sites (tertiary alicyclic amines) is 1. The fraction of sp³-hybridized carbons (Fsp3) is 0.889. The molecule has 1 atom stereocenters. The van der Waals surface area contributed by atoms with Gasteiger partial charge in [0.1, 0.15) is 5.60 Å². The molecule has 0 unspecified atom stereocenters. The van der Waals surface area contributed by atoms with Gasteiger partial charge < -0.3 is 19.3 Å². The molecule has 0 aromatic heterocycles. The van der Waals surface area contributed by atoms with Crippen molar-refractivity contribution in [2.45, 2.75) is 51.2 Å². The Balaban J connectivity index is 1.49. The molecule has 0 N–H and O–H groups in total. The highest BCUT2D eigenvalue weighted by Crippen LogP contribution is 2.34. The van der Waals surface area contributed by atoms with E-state index in [1.165, 1.54) is 0 Å². The second kappa shape index (κ2) is 7.91. The minimum atomic E-state index is -0.394. The van der Waals surface area contributed by atoms with Crippen LogP contribution in [0, 0.1) is 0 Å². The summed E-state index contributed by atoms with van der Waals surface area (Å²) in [4.78, 5) is 30.7. The third-order valence-corrected chi connectivity index (χ3v) is 5.73. The van der Waals surface area contributed by atoms with E-state index in [9.17, 15) is 9.59 Å². The van der Waals surface area contributed by atoms with Gasteiger partial charge in [-0.1, -0.05) is 13.3 Å². The second-order valence-electron chi connectivity index (χ2n) is 7.59. The molecular weight excluding hydrogens is 322 g/mol. The maximum absolute atomic E-state index is 12.5. The highest BCUT2D eigenvalue weighted by molar-refractivity contribution is 5.78. The van der Waals surface area contributed by atoms with Crippen LogP contribution in [0.2, 0.25) is 0 Å². The van der Waals surface area contributed by atoms with E-state index in [0.717, 1.165) is 38.8 Å². The fourth-order valence-electron chi connectivity index (χ4n) is 4.03. The van der Waals surface area contributed by atoms with E-state index in [1.54, 1.807) is 0 Å². The van der Waals surface area contributed by atoms with Crippen LogP contribution < -0.4 is 0 Å². The Kier molecular flexibility index (Phi) is 5.84. The first kappa shape index (κ1) is 18.5. The van der Waals surface area contributed by atoms with Gasteiger partial charge in [0.05, 0.1) is 26.3 Å². The molecule has 0 radical (unpaired) electrons. The number of carbonyl (C=O) groups is 2. The first-order valence-corrected chi connectivity index (χ1v) is 9.60. The molecule has 0 aromatic rings. The summed E-state index contributed by atoms with van der Waals surface area (Å²) in [5.74, 6) is 0.178. The van der Waals surface area contributed by atoms with Crippen molar-refractivity contribution >= 4 is 12.0 Å². The highest BCUT2D eigenvalue weighted by Gasteiger charge is 2.48. The Hall–Kier alpha value is -1.34. The number of piperidine rings is 1. The Morgan fingerprint density at radius 3 is 2.52 bits per heavy atom. The molecule has 25 heavy (non-hydrogen) atoms. The van der Waals surface area contributed by atoms with Crippen molar-refractivity contribution in [1.29, 1.82) is 0 Å². The summed E-state index contributed by atoms with van der Waals surface area (Å²) in [5, 5.41) is 0. The van der Waals surface area contributed by atoms with Gasteiger partial charge >= 0.3 is 6.09 Å². The van der Waals surface area contributed by atoms with E-state index in [4.69, 9.17) is 9.47 Å². The number of hydrogen-bond donors (Lipinski definition) is 0. The Labute approximate surface area is 150 Å². The summed E-state index contributed by atoms with van der Waals surface area (Å²) >= 11 is 0. The van der Waals surface area contributed by atoms with Crippen molar-refractivity contribution in [1.82, 2.24) is 14.7 Å². The van der Waals surface area contributed by atoms with E-state index in [-0.39, 0.29) is 18.0 Å². The standard InChI is InChI=1S/C18H31N3O4/c1-3-4-15(2)21-14-18(25-17(21)23)5-7-20(8-6-18)16(22)13-19-9-11-24-12-10-19/h15H,3-14H2,1-2H3/t15-/m1/s1. The topological polar surface area (TPSA) is 62.3 Å². The average molecular weight is 353 g/mol. The number of morpholine rings is 1. The Morgan fingerprint density at radius 2 is 1.88 bits per heavy atom. The van der Waals surface area contributed by atoms with E-state index in [0.29, 0.717) is 39.4 Å². The molecule has 1 spiro atoms. The van der Waals surface area contributed by atoms with Gasteiger partial charge in [-0.25, -0.2) is 4.79 Å². The Bertz CT molecular complexity index is 485. The zero-order chi connectivity index (χ0) is 17.9. The second-order valence-corrected chi connectivity index (χ2v) is 7.59. The first-order chi connectivity index (χ1) is 12.0. The van der Waals surface area contributed by atoms with Crippen molar-refractivity contribution in [3.05, 3.63) is 0 Å². The monoisotopic (exact) mass is 353 g/mol. The molecule has 0 aromatic carbocycles. The van der Waals surface area contributed by atoms with E-state index < -0.39 is 5.60 Å². The van der Waals surface area contributed by atoms with Gasteiger partial charge in [-0.05, 0) is 13.3 Å². The zero-order valence-corrected chi connectivity index (χ0v) is 15.5. The first-order valence-electron chi connectivity index (χ1n) is 9.60. The van der Waals surface area contributed by atoms with Gasteiger partial charge in [0.15, 0.2) is 0 Å². The van der Waals surface area contributed by atoms with Crippen molar-refractivity contribution in [3.63, 3.8) is 0 Å². The molecular formula is C18H31N3O4. The van der Waals surface area contributed by atoms with Crippen LogP contribution in [0.4, 0.5) is 4.79 Å². The fourth-order valence-corrected chi connectivity index (χ4v) is 4.03. The number of carbonyl (C=O) groups excluding carboxylic acids is 2. The molecule has 3 aliphatic heterocycles. The third-order valence-electron chi connectivity index (χ3n) is 5.73. The largest absolute Gasteiger partial charge is 0.441 e. The van der Waals surface area contributed by atoms with Gasteiger partial charge in [-0.15, -0.1) is 0 Å². The minimum Gasteiger partial charge on any atom is -0.441 e. The van der Waals surface area contributed by atoms with E-state index in [1.807, 2.05) is 9.80 Å². The van der Waals surface area contributed by atoms with Crippen LogP contribution in [0.15, 0.2) is 0 Å². The van der Waals surface area contributed by atoms with Crippen LogP contribution in [-0.2, 0) is 14.3 Å². The molecule has 3 rings (SSSR count). The van der Waals surface area contributed by atoms with Crippen LogP contribution >= 0.6 is 0 Å². The predicted molar refractivity (Wildman–Crippen MR) is 93.4 cm³/mol. The van der Waals surface area contributed by atoms with Gasteiger partial charge in [-0.2, -0.15) is 0 Å². The minimum absolute atomic E-state index is 0.178. The van der Waals surface area contributed by atoms with Gasteiger partial charge in [0.2, 0.25) is 5.91 Å². The molecule has 3 aliphatic rings. The lowest BCUT2D eigenvalue weighted by Crippen LogP contribution is -2.52. The summed E-state index contributed by atoms with van der Waals surface area (Å²) in [5.41, 5.74) is -0.394. The molecule has 0 saturated carbocycles. The average Bonchev–Trinajstić information content (AvgIpc) is 2.93. The molecule has 3 heterocycles. The maximum Gasteiger partial charge on any atom is 0.410 e. The molecule has 7 nitrogen and oxygen atoms in total. The number of rotatable bonds is 5. The van der Waals surface area contributed by atoms with Crippen molar-refractivity contribution < 1.29 is 19.1 Å². The van der Waals surface area contributed by atoms with Gasteiger partial charge in [-0.3, -0.25) is 9.69 Å². The molecule has 3 fully saturated rings. The molecule has 0 aliphatic carbocycles. The quantitative estimate of drug-likeness (QED) is 0.746. The number of hydrogen-bond acceptors (Lipinski definition) is 5. The van der Waals surface area contributed by atoms with Crippen molar-refractivity contribution in [3.8, 4) is 0 Å². The lowest BCUT2D eigenvalue weighted by atomic mass is 9.91. The van der Waals surface area contributed by atoms with Crippen LogP contribution in [0.25, 0.3) is 0 Å². The van der Waals surface area contributed by atoms with Crippen molar-refractivity contribution in [2.24, 2.45) is 0 Å².